The predicted octanol–water partition coefficient (Wildman–Crippen LogP) is 1.99. The minimum atomic E-state index is 0.0522. The summed E-state index contributed by atoms with van der Waals surface area (Å²) in [6, 6.07) is 8.99. The van der Waals surface area contributed by atoms with E-state index in [0.717, 1.165) is 16.8 Å². The summed E-state index contributed by atoms with van der Waals surface area (Å²) in [7, 11) is 0. The van der Waals surface area contributed by atoms with Crippen molar-refractivity contribution in [2.75, 3.05) is 5.73 Å². The van der Waals surface area contributed by atoms with Crippen molar-refractivity contribution in [1.29, 1.82) is 0 Å². The Labute approximate surface area is 104 Å². The fourth-order valence-electron chi connectivity index (χ4n) is 1.87. The molecule has 2 heterocycles. The van der Waals surface area contributed by atoms with Crippen molar-refractivity contribution in [3.63, 3.8) is 0 Å². The molecule has 0 saturated carbocycles. The van der Waals surface area contributed by atoms with Gasteiger partial charge in [0.1, 0.15) is 5.75 Å². The topological polar surface area (TPSA) is 76.4 Å². The van der Waals surface area contributed by atoms with Gasteiger partial charge in [0, 0.05) is 11.8 Å². The highest BCUT2D eigenvalue weighted by atomic mass is 16.3. The Kier molecular flexibility index (Phi) is 2.19. The van der Waals surface area contributed by atoms with Gasteiger partial charge in [-0.1, -0.05) is 0 Å². The van der Waals surface area contributed by atoms with Crippen LogP contribution in [0.4, 0.5) is 5.69 Å². The van der Waals surface area contributed by atoms with E-state index in [9.17, 15) is 5.11 Å². The third-order valence-corrected chi connectivity index (χ3v) is 2.85. The third-order valence-electron chi connectivity index (χ3n) is 2.85. The van der Waals surface area contributed by atoms with Crippen molar-refractivity contribution < 1.29 is 5.11 Å². The fourth-order valence-corrected chi connectivity index (χ4v) is 1.87. The summed E-state index contributed by atoms with van der Waals surface area (Å²) in [6.45, 7) is 2.00. The van der Waals surface area contributed by atoms with E-state index in [-0.39, 0.29) is 5.75 Å². The molecule has 2 aromatic heterocycles. The van der Waals surface area contributed by atoms with Crippen molar-refractivity contribution in [2.24, 2.45) is 0 Å². The van der Waals surface area contributed by atoms with Crippen LogP contribution in [0.1, 0.15) is 5.56 Å². The number of phenols is 1. The number of pyridine rings is 1. The Balaban J connectivity index is 2.22. The molecule has 5 heteroatoms. The number of aryl methyl sites for hydroxylation is 1. The molecule has 0 unspecified atom stereocenters. The van der Waals surface area contributed by atoms with Gasteiger partial charge in [-0.05, 0) is 42.8 Å². The Bertz CT molecular complexity index is 733. The molecule has 0 amide bonds. The highest BCUT2D eigenvalue weighted by Gasteiger charge is 2.09. The summed E-state index contributed by atoms with van der Waals surface area (Å²) < 4.78 is 1.87. The van der Waals surface area contributed by atoms with Crippen molar-refractivity contribution in [3.8, 4) is 17.1 Å². The minimum absolute atomic E-state index is 0.0522. The largest absolute Gasteiger partial charge is 0.506 e. The van der Waals surface area contributed by atoms with Gasteiger partial charge in [-0.25, -0.2) is 0 Å². The zero-order valence-electron chi connectivity index (χ0n) is 9.83. The van der Waals surface area contributed by atoms with Gasteiger partial charge in [0.25, 0.3) is 0 Å². The van der Waals surface area contributed by atoms with Crippen LogP contribution in [0.25, 0.3) is 17.0 Å². The molecule has 0 aliphatic heterocycles. The molecular weight excluding hydrogens is 228 g/mol. The van der Waals surface area contributed by atoms with E-state index in [1.165, 1.54) is 0 Å². The quantitative estimate of drug-likeness (QED) is 0.503. The lowest BCUT2D eigenvalue weighted by molar-refractivity contribution is 0.478. The highest BCUT2D eigenvalue weighted by molar-refractivity contribution is 5.66. The first kappa shape index (κ1) is 10.6. The van der Waals surface area contributed by atoms with E-state index in [0.29, 0.717) is 11.5 Å². The van der Waals surface area contributed by atoms with Crippen molar-refractivity contribution in [2.45, 2.75) is 6.92 Å². The van der Waals surface area contributed by atoms with E-state index < -0.39 is 0 Å². The van der Waals surface area contributed by atoms with Gasteiger partial charge >= 0.3 is 0 Å². The maximum Gasteiger partial charge on any atom is 0.168 e. The van der Waals surface area contributed by atoms with E-state index in [4.69, 9.17) is 5.73 Å². The number of nitrogens with zero attached hydrogens (tertiary/aromatic N) is 3. The minimum Gasteiger partial charge on any atom is -0.506 e. The molecule has 0 spiro atoms. The Hall–Kier alpha value is -2.56. The Morgan fingerprint density at radius 3 is 2.78 bits per heavy atom. The molecule has 1 aromatic carbocycles. The van der Waals surface area contributed by atoms with Crippen molar-refractivity contribution >= 4 is 11.3 Å². The first-order valence-corrected chi connectivity index (χ1v) is 5.55. The van der Waals surface area contributed by atoms with Gasteiger partial charge in [0.2, 0.25) is 0 Å². The van der Waals surface area contributed by atoms with Crippen LogP contribution >= 0.6 is 0 Å². The number of benzene rings is 1. The average molecular weight is 240 g/mol. The lowest BCUT2D eigenvalue weighted by Gasteiger charge is -2.03. The second-order valence-electron chi connectivity index (χ2n) is 4.23. The summed E-state index contributed by atoms with van der Waals surface area (Å²) in [5.41, 5.74) is 8.61. The number of nitrogens with two attached hydrogens (primary N) is 1. The molecule has 0 atom stereocenters. The number of anilines is 1. The van der Waals surface area contributed by atoms with Crippen LogP contribution < -0.4 is 5.73 Å². The van der Waals surface area contributed by atoms with E-state index in [1.54, 1.807) is 12.1 Å². The lowest BCUT2D eigenvalue weighted by atomic mass is 10.2. The molecule has 5 nitrogen and oxygen atoms in total. The fraction of sp³-hybridized carbons (Fsp3) is 0.0769. The molecule has 0 saturated heterocycles. The molecule has 0 radical (unpaired) electrons. The number of aromatic nitrogens is 3. The molecule has 3 rings (SSSR count). The summed E-state index contributed by atoms with van der Waals surface area (Å²) >= 11 is 0. The number of fused-ring (bicyclic) bond motifs is 1. The summed E-state index contributed by atoms with van der Waals surface area (Å²) in [4.78, 5) is 0. The lowest BCUT2D eigenvalue weighted by Crippen LogP contribution is -1.91. The molecule has 18 heavy (non-hydrogen) atoms. The second kappa shape index (κ2) is 3.73. The maximum absolute atomic E-state index is 9.63. The van der Waals surface area contributed by atoms with Crippen LogP contribution in [0, 0.1) is 6.92 Å². The van der Waals surface area contributed by atoms with Gasteiger partial charge in [0.05, 0.1) is 5.69 Å². The number of rotatable bonds is 1. The average Bonchev–Trinajstić information content (AvgIpc) is 2.75. The molecule has 0 fully saturated rings. The van der Waals surface area contributed by atoms with Gasteiger partial charge < -0.3 is 10.8 Å². The first-order valence-electron chi connectivity index (χ1n) is 5.55. The Morgan fingerprint density at radius 1 is 1.17 bits per heavy atom. The number of hydrogen-bond donors (Lipinski definition) is 2. The maximum atomic E-state index is 9.63. The molecule has 3 N–H and O–H groups in total. The van der Waals surface area contributed by atoms with Crippen LogP contribution in [0.15, 0.2) is 36.5 Å². The normalized spacial score (nSPS) is 10.9. The molecule has 0 aliphatic carbocycles. The van der Waals surface area contributed by atoms with Gasteiger partial charge in [-0.2, -0.15) is 0 Å². The van der Waals surface area contributed by atoms with Crippen LogP contribution in [0.3, 0.4) is 0 Å². The van der Waals surface area contributed by atoms with Crippen LogP contribution in [0.2, 0.25) is 0 Å². The van der Waals surface area contributed by atoms with Crippen molar-refractivity contribution in [3.05, 3.63) is 42.1 Å². The number of nitrogen functional groups attached to an aromatic ring is 1. The molecule has 3 aromatic rings. The highest BCUT2D eigenvalue weighted by Crippen LogP contribution is 2.27. The zero-order valence-corrected chi connectivity index (χ0v) is 9.83. The molecule has 0 aliphatic rings. The smallest absolute Gasteiger partial charge is 0.168 e. The monoisotopic (exact) mass is 240 g/mol. The van der Waals surface area contributed by atoms with Gasteiger partial charge in [-0.15, -0.1) is 10.2 Å². The van der Waals surface area contributed by atoms with Crippen LogP contribution in [0.5, 0.6) is 5.75 Å². The number of aromatic hydroxyl groups is 1. The summed E-state index contributed by atoms with van der Waals surface area (Å²) in [6.07, 6.45) is 1.91. The van der Waals surface area contributed by atoms with Gasteiger partial charge in [0.15, 0.2) is 11.5 Å². The zero-order chi connectivity index (χ0) is 12.7. The predicted molar refractivity (Wildman–Crippen MR) is 69.2 cm³/mol. The SMILES string of the molecule is Cc1ccn2c(-c3ccc(N)c(O)c3)nnc2c1. The second-order valence-corrected chi connectivity index (χ2v) is 4.23. The standard InChI is InChI=1S/C13H12N4O/c1-8-4-5-17-12(6-8)15-16-13(17)9-2-3-10(14)11(18)7-9/h2-7,18H,14H2,1H3. The molecule has 90 valence electrons. The third kappa shape index (κ3) is 1.57. The van der Waals surface area contributed by atoms with Gasteiger partial charge in [-0.3, -0.25) is 4.40 Å². The molecule has 0 bridgehead atoms. The number of hydrogen-bond acceptors (Lipinski definition) is 4. The summed E-state index contributed by atoms with van der Waals surface area (Å²) in [5.74, 6) is 0.733. The van der Waals surface area contributed by atoms with E-state index >= 15 is 0 Å². The van der Waals surface area contributed by atoms with E-state index in [1.807, 2.05) is 35.7 Å². The Morgan fingerprint density at radius 2 is 2.00 bits per heavy atom. The van der Waals surface area contributed by atoms with Crippen LogP contribution in [-0.2, 0) is 0 Å². The molecular formula is C13H12N4O. The first-order chi connectivity index (χ1) is 8.65. The van der Waals surface area contributed by atoms with Crippen molar-refractivity contribution in [1.82, 2.24) is 14.6 Å². The van der Waals surface area contributed by atoms with Crippen LogP contribution in [-0.4, -0.2) is 19.7 Å². The van der Waals surface area contributed by atoms with E-state index in [2.05, 4.69) is 10.2 Å². The number of phenolic OH excluding ortho intramolecular Hbond substituents is 1. The summed E-state index contributed by atoms with van der Waals surface area (Å²) in [5, 5.41) is 17.9.